The third kappa shape index (κ3) is 2.74. The molecule has 0 radical (unpaired) electrons. The van der Waals surface area contributed by atoms with Gasteiger partial charge in [0.2, 0.25) is 5.78 Å². The average Bonchev–Trinajstić information content (AvgIpc) is 2.62. The van der Waals surface area contributed by atoms with Crippen molar-refractivity contribution in [3.63, 3.8) is 0 Å². The average molecular weight is 320 g/mol. The highest BCUT2D eigenvalue weighted by atomic mass is 16.5. The minimum absolute atomic E-state index is 0.239. The predicted octanol–water partition coefficient (Wildman–Crippen LogP) is 2.03. The topological polar surface area (TPSA) is 89.1 Å². The summed E-state index contributed by atoms with van der Waals surface area (Å²) in [6, 6.07) is 13.0. The van der Waals surface area contributed by atoms with Crippen LogP contribution in [-0.4, -0.2) is 28.8 Å². The smallest absolute Gasteiger partial charge is 0.275 e. The number of H-pyrrole nitrogens is 1. The van der Waals surface area contributed by atoms with Crippen LogP contribution >= 0.6 is 0 Å². The number of carbonyl (C=O) groups is 1. The third-order valence-electron chi connectivity index (χ3n) is 3.52. The molecule has 0 amide bonds. The second-order valence-electron chi connectivity index (χ2n) is 4.97. The van der Waals surface area contributed by atoms with E-state index < -0.39 is 16.9 Å². The molecule has 6 heteroatoms. The number of carbonyl (C=O) groups excluding carboxylic acids is 2. The summed E-state index contributed by atoms with van der Waals surface area (Å²) in [7, 11) is 1.51. The van der Waals surface area contributed by atoms with Gasteiger partial charge in [-0.1, -0.05) is 12.1 Å². The van der Waals surface area contributed by atoms with Crippen LogP contribution in [0.5, 0.6) is 5.75 Å². The molecule has 1 heterocycles. The van der Waals surface area contributed by atoms with Crippen molar-refractivity contribution in [1.82, 2.24) is 9.97 Å². The lowest BCUT2D eigenvalue weighted by atomic mass is 10.0. The van der Waals surface area contributed by atoms with Crippen LogP contribution in [0.3, 0.4) is 0 Å². The third-order valence-corrected chi connectivity index (χ3v) is 3.52. The number of rotatable bonds is 4. The fourth-order valence-electron chi connectivity index (χ4n) is 2.29. The van der Waals surface area contributed by atoms with Gasteiger partial charge < -0.3 is 9.72 Å². The van der Waals surface area contributed by atoms with Crippen LogP contribution in [0.25, 0.3) is 16.6 Å². The van der Waals surface area contributed by atoms with Crippen LogP contribution in [-0.2, 0) is 4.79 Å². The van der Waals surface area contributed by atoms with E-state index in [1.165, 1.54) is 19.2 Å². The van der Waals surface area contributed by atoms with Crippen LogP contribution in [0.15, 0.2) is 53.3 Å². The highest BCUT2D eigenvalue weighted by molar-refractivity contribution is 6.34. The van der Waals surface area contributed by atoms with Crippen molar-refractivity contribution < 1.29 is 14.3 Å². The van der Waals surface area contributed by atoms with Gasteiger partial charge in [-0.3, -0.25) is 9.59 Å². The number of aromatic nitrogens is 2. The zero-order chi connectivity index (χ0) is 17.1. The van der Waals surface area contributed by atoms with Crippen molar-refractivity contribution >= 4 is 28.3 Å². The van der Waals surface area contributed by atoms with E-state index >= 15 is 0 Å². The molecular formula is C18H12N2O4. The quantitative estimate of drug-likeness (QED) is 0.451. The van der Waals surface area contributed by atoms with E-state index in [2.05, 4.69) is 9.97 Å². The Kier molecular flexibility index (Phi) is 4.05. The Morgan fingerprint density at radius 2 is 1.83 bits per heavy atom. The number of benzene rings is 2. The summed E-state index contributed by atoms with van der Waals surface area (Å²) in [6.45, 7) is 0. The number of nitrogens with zero attached hydrogens (tertiary/aromatic N) is 1. The fourth-order valence-corrected chi connectivity index (χ4v) is 2.29. The monoisotopic (exact) mass is 320 g/mol. The Hall–Kier alpha value is -3.50. The maximum Gasteiger partial charge on any atom is 0.275 e. The van der Waals surface area contributed by atoms with Crippen molar-refractivity contribution in [3.05, 3.63) is 70.1 Å². The molecule has 0 bridgehead atoms. The van der Waals surface area contributed by atoms with Crippen molar-refractivity contribution in [2.24, 2.45) is 0 Å². The molecule has 0 unspecified atom stereocenters. The Labute approximate surface area is 136 Å². The molecule has 2 aromatic carbocycles. The van der Waals surface area contributed by atoms with Gasteiger partial charge in [0.05, 0.1) is 18.1 Å². The number of ether oxygens (including phenoxy) is 1. The van der Waals surface area contributed by atoms with Crippen molar-refractivity contribution in [2.45, 2.75) is 0 Å². The first-order valence-electron chi connectivity index (χ1n) is 7.07. The van der Waals surface area contributed by atoms with Gasteiger partial charge in [0, 0.05) is 5.56 Å². The molecule has 0 aliphatic rings. The van der Waals surface area contributed by atoms with Crippen LogP contribution in [0, 0.1) is 0 Å². The van der Waals surface area contributed by atoms with E-state index in [1.807, 2.05) is 0 Å². The standard InChI is InChI=1S/C18H12N2O4/c1-24-12-8-6-11(7-9-12)17(22)13(10-21)16-18(23)20-15-5-3-2-4-14(15)19-16/h2-9H,1H3,(H,20,23). The molecule has 0 spiro atoms. The summed E-state index contributed by atoms with van der Waals surface area (Å²) < 4.78 is 5.02. The Morgan fingerprint density at radius 1 is 1.12 bits per heavy atom. The number of methoxy groups -OCH3 is 1. The molecule has 0 atom stereocenters. The van der Waals surface area contributed by atoms with Gasteiger partial charge in [-0.25, -0.2) is 9.78 Å². The van der Waals surface area contributed by atoms with Crippen molar-refractivity contribution in [2.75, 3.05) is 7.11 Å². The SMILES string of the molecule is COc1ccc(C(=O)C(=C=O)c2nc3ccccc3[nH]c2=O)cc1. The van der Waals surface area contributed by atoms with E-state index in [-0.39, 0.29) is 11.3 Å². The van der Waals surface area contributed by atoms with Crippen molar-refractivity contribution in [3.8, 4) is 5.75 Å². The highest BCUT2D eigenvalue weighted by Gasteiger charge is 2.21. The lowest BCUT2D eigenvalue weighted by molar-refractivity contribution is 0.105. The zero-order valence-electron chi connectivity index (χ0n) is 12.7. The van der Waals surface area contributed by atoms with E-state index in [0.29, 0.717) is 16.8 Å². The molecule has 0 aliphatic carbocycles. The summed E-state index contributed by atoms with van der Waals surface area (Å²) in [4.78, 5) is 42.8. The summed E-state index contributed by atoms with van der Waals surface area (Å²) >= 11 is 0. The normalized spacial score (nSPS) is 10.2. The molecule has 3 rings (SSSR count). The molecule has 0 saturated heterocycles. The molecule has 1 N–H and O–H groups in total. The lowest BCUT2D eigenvalue weighted by Gasteiger charge is -2.05. The van der Waals surface area contributed by atoms with E-state index in [4.69, 9.17) is 4.74 Å². The molecule has 24 heavy (non-hydrogen) atoms. The number of ketones is 1. The Bertz CT molecular complexity index is 1030. The van der Waals surface area contributed by atoms with E-state index in [1.54, 1.807) is 42.3 Å². The van der Waals surface area contributed by atoms with Crippen LogP contribution in [0.1, 0.15) is 16.1 Å². The number of para-hydroxylation sites is 2. The number of aromatic amines is 1. The molecule has 0 saturated carbocycles. The Balaban J connectivity index is 2.08. The minimum Gasteiger partial charge on any atom is -0.497 e. The zero-order valence-corrected chi connectivity index (χ0v) is 12.7. The minimum atomic E-state index is -0.624. The van der Waals surface area contributed by atoms with Gasteiger partial charge >= 0.3 is 0 Å². The predicted molar refractivity (Wildman–Crippen MR) is 88.8 cm³/mol. The maximum atomic E-state index is 12.5. The molecule has 3 aromatic rings. The van der Waals surface area contributed by atoms with Gasteiger partial charge in [-0.15, -0.1) is 0 Å². The molecular weight excluding hydrogens is 308 g/mol. The van der Waals surface area contributed by atoms with Crippen LogP contribution < -0.4 is 10.3 Å². The van der Waals surface area contributed by atoms with Crippen molar-refractivity contribution in [1.29, 1.82) is 0 Å². The fraction of sp³-hybridized carbons (Fsp3) is 0.0556. The number of nitrogens with one attached hydrogen (secondary N) is 1. The maximum absolute atomic E-state index is 12.5. The molecule has 6 nitrogen and oxygen atoms in total. The lowest BCUT2D eigenvalue weighted by Crippen LogP contribution is -2.18. The van der Waals surface area contributed by atoms with E-state index in [0.717, 1.165) is 0 Å². The summed E-state index contributed by atoms with van der Waals surface area (Å²) in [6.07, 6.45) is 0. The number of hydrogen-bond donors (Lipinski definition) is 1. The van der Waals surface area contributed by atoms with Crippen LogP contribution in [0.4, 0.5) is 0 Å². The highest BCUT2D eigenvalue weighted by Crippen LogP contribution is 2.18. The molecule has 1 aromatic heterocycles. The first-order chi connectivity index (χ1) is 11.6. The largest absolute Gasteiger partial charge is 0.497 e. The molecule has 118 valence electrons. The Morgan fingerprint density at radius 3 is 2.50 bits per heavy atom. The second kappa shape index (κ2) is 6.32. The number of allylic oxidation sites excluding steroid dienone is 1. The number of Topliss-reactive ketones (excluding diaryl/α,β-unsaturated/α-hetero) is 1. The molecule has 0 aliphatic heterocycles. The van der Waals surface area contributed by atoms with Crippen LogP contribution in [0.2, 0.25) is 0 Å². The summed E-state index contributed by atoms with van der Waals surface area (Å²) in [5.41, 5.74) is -0.0371. The van der Waals surface area contributed by atoms with Gasteiger partial charge in [-0.2, -0.15) is 0 Å². The van der Waals surface area contributed by atoms with E-state index in [9.17, 15) is 14.4 Å². The van der Waals surface area contributed by atoms with Gasteiger partial charge in [0.15, 0.2) is 5.69 Å². The second-order valence-corrected chi connectivity index (χ2v) is 4.97. The van der Waals surface area contributed by atoms with Gasteiger partial charge in [0.25, 0.3) is 5.56 Å². The summed E-state index contributed by atoms with van der Waals surface area (Å²) in [5.74, 6) is 1.50. The first-order valence-corrected chi connectivity index (χ1v) is 7.07. The van der Waals surface area contributed by atoms with Gasteiger partial charge in [-0.05, 0) is 36.4 Å². The molecule has 0 fully saturated rings. The van der Waals surface area contributed by atoms with Gasteiger partial charge in [0.1, 0.15) is 17.3 Å². The number of hydrogen-bond acceptors (Lipinski definition) is 5. The summed E-state index contributed by atoms with van der Waals surface area (Å²) in [5, 5.41) is 0. The number of fused-ring (bicyclic) bond motifs is 1. The first kappa shape index (κ1) is 15.4.